The topological polar surface area (TPSA) is 46.5 Å². The first-order valence-corrected chi connectivity index (χ1v) is 3.71. The van der Waals surface area contributed by atoms with Crippen LogP contribution in [0.5, 0.6) is 0 Å². The lowest BCUT2D eigenvalue weighted by Gasteiger charge is -2.11. The van der Waals surface area contributed by atoms with Gasteiger partial charge >= 0.3 is 6.16 Å². The average molecular weight is 158 g/mol. The molecule has 0 aromatic heterocycles. The highest BCUT2D eigenvalue weighted by atomic mass is 16.7. The van der Waals surface area contributed by atoms with E-state index in [1.165, 1.54) is 0 Å². The Balaban J connectivity index is 3.67. The van der Waals surface area contributed by atoms with Crippen LogP contribution in [0.4, 0.5) is 4.79 Å². The van der Waals surface area contributed by atoms with Crippen molar-refractivity contribution >= 4 is 6.16 Å². The van der Waals surface area contributed by atoms with Gasteiger partial charge in [0.2, 0.25) is 0 Å². The zero-order valence-electron chi connectivity index (χ0n) is 6.75. The number of carboxylic acid groups (broad SMARTS) is 1. The van der Waals surface area contributed by atoms with E-state index in [4.69, 9.17) is 5.11 Å². The molecule has 1 N–H and O–H groups in total. The molecule has 1 unspecified atom stereocenters. The maximum atomic E-state index is 10.1. The summed E-state index contributed by atoms with van der Waals surface area (Å²) in [6.07, 6.45) is 2.54. The Morgan fingerprint density at radius 2 is 2.45 bits per heavy atom. The molecule has 0 aliphatic carbocycles. The first-order valence-electron chi connectivity index (χ1n) is 3.71. The number of rotatable bonds is 5. The molecule has 0 saturated heterocycles. The summed E-state index contributed by atoms with van der Waals surface area (Å²) in [7, 11) is 0. The minimum atomic E-state index is -1.20. The monoisotopic (exact) mass is 158 g/mol. The van der Waals surface area contributed by atoms with E-state index >= 15 is 0 Å². The van der Waals surface area contributed by atoms with E-state index in [1.54, 1.807) is 6.08 Å². The third-order valence-electron chi connectivity index (χ3n) is 1.31. The van der Waals surface area contributed by atoms with E-state index in [0.717, 1.165) is 12.8 Å². The van der Waals surface area contributed by atoms with Gasteiger partial charge in [0, 0.05) is 6.42 Å². The van der Waals surface area contributed by atoms with Crippen molar-refractivity contribution in [3.8, 4) is 0 Å². The van der Waals surface area contributed by atoms with Gasteiger partial charge in [-0.3, -0.25) is 0 Å². The zero-order valence-corrected chi connectivity index (χ0v) is 6.75. The van der Waals surface area contributed by atoms with Gasteiger partial charge in [-0.1, -0.05) is 19.4 Å². The van der Waals surface area contributed by atoms with E-state index < -0.39 is 6.16 Å². The van der Waals surface area contributed by atoms with Crippen LogP contribution < -0.4 is 0 Å². The smallest absolute Gasteiger partial charge is 0.450 e. The van der Waals surface area contributed by atoms with Gasteiger partial charge in [0.15, 0.2) is 0 Å². The van der Waals surface area contributed by atoms with Crippen LogP contribution in [0.25, 0.3) is 0 Å². The first-order chi connectivity index (χ1) is 5.20. The highest BCUT2D eigenvalue weighted by Gasteiger charge is 2.09. The number of ether oxygens (including phenoxy) is 1. The van der Waals surface area contributed by atoms with Crippen molar-refractivity contribution < 1.29 is 14.6 Å². The van der Waals surface area contributed by atoms with Gasteiger partial charge in [-0.15, -0.1) is 6.58 Å². The van der Waals surface area contributed by atoms with Crippen molar-refractivity contribution in [2.24, 2.45) is 0 Å². The van der Waals surface area contributed by atoms with Crippen molar-refractivity contribution in [2.75, 3.05) is 0 Å². The van der Waals surface area contributed by atoms with E-state index in [0.29, 0.717) is 6.42 Å². The average Bonchev–Trinajstić information content (AvgIpc) is 1.87. The van der Waals surface area contributed by atoms with Crippen LogP contribution in [0, 0.1) is 0 Å². The lowest BCUT2D eigenvalue weighted by molar-refractivity contribution is 0.0492. The quantitative estimate of drug-likeness (QED) is 0.493. The van der Waals surface area contributed by atoms with Gasteiger partial charge in [-0.25, -0.2) is 4.79 Å². The van der Waals surface area contributed by atoms with Crippen LogP contribution in [0.3, 0.4) is 0 Å². The third-order valence-corrected chi connectivity index (χ3v) is 1.31. The van der Waals surface area contributed by atoms with Crippen LogP contribution in [0.15, 0.2) is 12.7 Å². The summed E-state index contributed by atoms with van der Waals surface area (Å²) in [6, 6.07) is 0. The van der Waals surface area contributed by atoms with Crippen molar-refractivity contribution in [1.29, 1.82) is 0 Å². The molecule has 11 heavy (non-hydrogen) atoms. The summed E-state index contributed by atoms with van der Waals surface area (Å²) in [6.45, 7) is 5.50. The Hall–Kier alpha value is -0.990. The molecule has 1 atom stereocenters. The Bertz CT molecular complexity index is 131. The summed E-state index contributed by atoms with van der Waals surface area (Å²) in [5.74, 6) is 0. The number of hydrogen-bond acceptors (Lipinski definition) is 2. The van der Waals surface area contributed by atoms with Crippen LogP contribution in [0.2, 0.25) is 0 Å². The first kappa shape index (κ1) is 10.0. The molecule has 0 aromatic rings. The molecule has 3 nitrogen and oxygen atoms in total. The second-order valence-corrected chi connectivity index (χ2v) is 2.32. The van der Waals surface area contributed by atoms with Crippen molar-refractivity contribution in [3.63, 3.8) is 0 Å². The molecule has 64 valence electrons. The van der Waals surface area contributed by atoms with Gasteiger partial charge in [-0.05, 0) is 6.42 Å². The van der Waals surface area contributed by atoms with E-state index in [-0.39, 0.29) is 6.10 Å². The molecule has 0 aliphatic heterocycles. The standard InChI is InChI=1S/C8H14O3/c1-3-5-7(6-4-2)11-8(9)10/h3,7H,1,4-6H2,2H3,(H,9,10). The summed E-state index contributed by atoms with van der Waals surface area (Å²) in [5.41, 5.74) is 0. The Labute approximate surface area is 66.7 Å². The molecule has 0 radical (unpaired) electrons. The predicted molar refractivity (Wildman–Crippen MR) is 42.6 cm³/mol. The maximum Gasteiger partial charge on any atom is 0.506 e. The molecule has 0 amide bonds. The Morgan fingerprint density at radius 3 is 2.82 bits per heavy atom. The fourth-order valence-corrected chi connectivity index (χ4v) is 0.875. The zero-order chi connectivity index (χ0) is 8.69. The minimum Gasteiger partial charge on any atom is -0.450 e. The lowest BCUT2D eigenvalue weighted by atomic mass is 10.1. The Kier molecular flexibility index (Phi) is 5.25. The highest BCUT2D eigenvalue weighted by molar-refractivity contribution is 5.57. The van der Waals surface area contributed by atoms with Gasteiger partial charge in [0.05, 0.1) is 0 Å². The molecule has 0 spiro atoms. The number of carbonyl (C=O) groups is 1. The van der Waals surface area contributed by atoms with Crippen molar-refractivity contribution in [3.05, 3.63) is 12.7 Å². The lowest BCUT2D eigenvalue weighted by Crippen LogP contribution is -2.15. The van der Waals surface area contributed by atoms with E-state index in [1.807, 2.05) is 6.92 Å². The van der Waals surface area contributed by atoms with Gasteiger partial charge in [0.1, 0.15) is 6.10 Å². The van der Waals surface area contributed by atoms with Crippen LogP contribution >= 0.6 is 0 Å². The molecule has 0 saturated carbocycles. The molecule has 0 aliphatic rings. The molecule has 0 fully saturated rings. The molecule has 3 heteroatoms. The third kappa shape index (κ3) is 5.45. The Morgan fingerprint density at radius 1 is 1.82 bits per heavy atom. The summed E-state index contributed by atoms with van der Waals surface area (Å²) in [5, 5.41) is 8.28. The summed E-state index contributed by atoms with van der Waals surface area (Å²) >= 11 is 0. The number of hydrogen-bond donors (Lipinski definition) is 1. The molecule has 0 bridgehead atoms. The van der Waals surface area contributed by atoms with Gasteiger partial charge < -0.3 is 9.84 Å². The minimum absolute atomic E-state index is 0.213. The van der Waals surface area contributed by atoms with E-state index in [9.17, 15) is 4.79 Å². The fourth-order valence-electron chi connectivity index (χ4n) is 0.875. The highest BCUT2D eigenvalue weighted by Crippen LogP contribution is 2.07. The predicted octanol–water partition coefficient (Wildman–Crippen LogP) is 2.43. The fraction of sp³-hybridized carbons (Fsp3) is 0.625. The van der Waals surface area contributed by atoms with E-state index in [2.05, 4.69) is 11.3 Å². The van der Waals surface area contributed by atoms with Crippen molar-refractivity contribution in [1.82, 2.24) is 0 Å². The molecule has 0 aromatic carbocycles. The SMILES string of the molecule is C=CCC(CCC)OC(=O)O. The molecular weight excluding hydrogens is 144 g/mol. The van der Waals surface area contributed by atoms with Crippen molar-refractivity contribution in [2.45, 2.75) is 32.3 Å². The van der Waals surface area contributed by atoms with Crippen LogP contribution in [-0.2, 0) is 4.74 Å². The van der Waals surface area contributed by atoms with Crippen LogP contribution in [0.1, 0.15) is 26.2 Å². The maximum absolute atomic E-state index is 10.1. The van der Waals surface area contributed by atoms with Gasteiger partial charge in [-0.2, -0.15) is 0 Å². The van der Waals surface area contributed by atoms with Gasteiger partial charge in [0.25, 0.3) is 0 Å². The summed E-state index contributed by atoms with van der Waals surface area (Å²) < 4.78 is 4.58. The summed E-state index contributed by atoms with van der Waals surface area (Å²) in [4.78, 5) is 10.1. The second kappa shape index (κ2) is 5.77. The normalized spacial score (nSPS) is 12.1. The molecule has 0 heterocycles. The molecular formula is C8H14O3. The largest absolute Gasteiger partial charge is 0.506 e. The molecule has 0 rings (SSSR count). The van der Waals surface area contributed by atoms with Crippen LogP contribution in [-0.4, -0.2) is 17.4 Å². The second-order valence-electron chi connectivity index (χ2n) is 2.32.